The van der Waals surface area contributed by atoms with E-state index in [9.17, 15) is 8.78 Å². The Morgan fingerprint density at radius 1 is 1.15 bits per heavy atom. The van der Waals surface area contributed by atoms with E-state index in [0.29, 0.717) is 10.9 Å². The van der Waals surface area contributed by atoms with Crippen LogP contribution in [-0.4, -0.2) is 11.0 Å². The molecule has 20 heavy (non-hydrogen) atoms. The average Bonchev–Trinajstić information content (AvgIpc) is 3.26. The third-order valence-corrected chi connectivity index (χ3v) is 4.02. The molecular weight excluding hydrogens is 278 g/mol. The monoisotopic (exact) mass is 292 g/mol. The molecule has 1 aromatic carbocycles. The summed E-state index contributed by atoms with van der Waals surface area (Å²) < 4.78 is 25.9. The lowest BCUT2D eigenvalue weighted by atomic mass is 10.3. The number of nitrogens with one attached hydrogen (secondary N) is 1. The summed E-state index contributed by atoms with van der Waals surface area (Å²) in [6, 6.07) is 8.44. The minimum atomic E-state index is -0.833. The van der Waals surface area contributed by atoms with Crippen molar-refractivity contribution in [3.8, 4) is 0 Å². The highest BCUT2D eigenvalue weighted by molar-refractivity contribution is 7.99. The Labute approximate surface area is 120 Å². The van der Waals surface area contributed by atoms with Crippen LogP contribution in [0.25, 0.3) is 0 Å². The number of halogens is 2. The van der Waals surface area contributed by atoms with Crippen molar-refractivity contribution in [2.24, 2.45) is 0 Å². The predicted octanol–water partition coefficient (Wildman–Crippen LogP) is 3.76. The largest absolute Gasteiger partial charge is 0.310 e. The Bertz CT molecular complexity index is 597. The summed E-state index contributed by atoms with van der Waals surface area (Å²) >= 11 is 1.32. The van der Waals surface area contributed by atoms with Gasteiger partial charge in [0.25, 0.3) is 0 Å². The number of pyridine rings is 1. The van der Waals surface area contributed by atoms with E-state index < -0.39 is 11.6 Å². The summed E-state index contributed by atoms with van der Waals surface area (Å²) in [4.78, 5) is 4.97. The first kappa shape index (κ1) is 13.5. The summed E-state index contributed by atoms with van der Waals surface area (Å²) in [6.07, 6.45) is 4.34. The summed E-state index contributed by atoms with van der Waals surface area (Å²) in [6.45, 7) is 0.827. The second-order valence-corrected chi connectivity index (χ2v) is 5.93. The van der Waals surface area contributed by atoms with Crippen LogP contribution >= 0.6 is 11.8 Å². The molecule has 0 saturated heterocycles. The maximum absolute atomic E-state index is 13.1. The molecule has 3 rings (SSSR count). The van der Waals surface area contributed by atoms with Gasteiger partial charge in [-0.1, -0.05) is 17.8 Å². The zero-order chi connectivity index (χ0) is 13.9. The van der Waals surface area contributed by atoms with E-state index in [2.05, 4.69) is 10.3 Å². The second kappa shape index (κ2) is 5.89. The van der Waals surface area contributed by atoms with E-state index in [1.165, 1.54) is 30.7 Å². The fraction of sp³-hybridized carbons (Fsp3) is 0.267. The van der Waals surface area contributed by atoms with Crippen molar-refractivity contribution in [1.82, 2.24) is 10.3 Å². The number of hydrogen-bond donors (Lipinski definition) is 1. The van der Waals surface area contributed by atoms with Crippen molar-refractivity contribution in [3.05, 3.63) is 53.7 Å². The molecule has 0 atom stereocenters. The van der Waals surface area contributed by atoms with Crippen LogP contribution < -0.4 is 5.32 Å². The number of rotatable bonds is 5. The van der Waals surface area contributed by atoms with Crippen molar-refractivity contribution in [2.75, 3.05) is 0 Å². The predicted molar refractivity (Wildman–Crippen MR) is 74.6 cm³/mol. The van der Waals surface area contributed by atoms with Gasteiger partial charge in [0.1, 0.15) is 5.03 Å². The molecule has 2 nitrogen and oxygen atoms in total. The summed E-state index contributed by atoms with van der Waals surface area (Å²) in [7, 11) is 0. The van der Waals surface area contributed by atoms with Crippen LogP contribution in [-0.2, 0) is 6.54 Å². The minimum absolute atomic E-state index is 0.639. The molecule has 0 bridgehead atoms. The van der Waals surface area contributed by atoms with Crippen molar-refractivity contribution < 1.29 is 8.78 Å². The normalized spacial score (nSPS) is 14.5. The molecule has 0 aliphatic heterocycles. The molecule has 1 aliphatic rings. The van der Waals surface area contributed by atoms with Gasteiger partial charge < -0.3 is 5.32 Å². The molecule has 0 spiro atoms. The van der Waals surface area contributed by atoms with Gasteiger partial charge in [-0.25, -0.2) is 13.8 Å². The second-order valence-electron chi connectivity index (χ2n) is 4.84. The van der Waals surface area contributed by atoms with E-state index in [4.69, 9.17) is 0 Å². The highest BCUT2D eigenvalue weighted by atomic mass is 32.2. The Balaban J connectivity index is 1.62. The highest BCUT2D eigenvalue weighted by Gasteiger charge is 2.19. The van der Waals surface area contributed by atoms with Gasteiger partial charge in [0, 0.05) is 23.7 Å². The highest BCUT2D eigenvalue weighted by Crippen LogP contribution is 2.27. The zero-order valence-corrected chi connectivity index (χ0v) is 11.6. The third kappa shape index (κ3) is 3.55. The SMILES string of the molecule is Fc1ccc(Sc2ccc(CNC3CC3)cn2)cc1F. The first-order valence-electron chi connectivity index (χ1n) is 6.52. The molecule has 0 amide bonds. The molecule has 1 aliphatic carbocycles. The van der Waals surface area contributed by atoms with E-state index >= 15 is 0 Å². The third-order valence-electron chi connectivity index (χ3n) is 3.08. The first-order chi connectivity index (χ1) is 9.70. The van der Waals surface area contributed by atoms with Gasteiger partial charge in [-0.05, 0) is 42.7 Å². The van der Waals surface area contributed by atoms with Gasteiger partial charge in [0.2, 0.25) is 0 Å². The van der Waals surface area contributed by atoms with Gasteiger partial charge in [0.05, 0.1) is 0 Å². The van der Waals surface area contributed by atoms with E-state index in [0.717, 1.165) is 23.2 Å². The molecule has 1 N–H and O–H groups in total. The van der Waals surface area contributed by atoms with E-state index in [-0.39, 0.29) is 0 Å². The van der Waals surface area contributed by atoms with Crippen LogP contribution in [0.2, 0.25) is 0 Å². The topological polar surface area (TPSA) is 24.9 Å². The molecule has 5 heteroatoms. The maximum Gasteiger partial charge on any atom is 0.159 e. The Morgan fingerprint density at radius 2 is 2.00 bits per heavy atom. The number of hydrogen-bond acceptors (Lipinski definition) is 3. The Kier molecular flexibility index (Phi) is 3.98. The van der Waals surface area contributed by atoms with Crippen molar-refractivity contribution in [1.29, 1.82) is 0 Å². The molecule has 104 valence electrons. The molecule has 2 aromatic rings. The van der Waals surface area contributed by atoms with E-state index in [1.807, 2.05) is 18.3 Å². The van der Waals surface area contributed by atoms with Crippen molar-refractivity contribution >= 4 is 11.8 Å². The van der Waals surface area contributed by atoms with Gasteiger partial charge in [-0.15, -0.1) is 0 Å². The molecule has 1 fully saturated rings. The van der Waals surface area contributed by atoms with Gasteiger partial charge in [0.15, 0.2) is 11.6 Å². The van der Waals surface area contributed by atoms with Crippen molar-refractivity contribution in [2.45, 2.75) is 35.3 Å². The lowest BCUT2D eigenvalue weighted by Crippen LogP contribution is -2.15. The van der Waals surface area contributed by atoms with Crippen LogP contribution in [0, 0.1) is 11.6 Å². The van der Waals surface area contributed by atoms with E-state index in [1.54, 1.807) is 6.07 Å². The minimum Gasteiger partial charge on any atom is -0.310 e. The van der Waals surface area contributed by atoms with Crippen LogP contribution in [0.15, 0.2) is 46.5 Å². The van der Waals surface area contributed by atoms with Crippen LogP contribution in [0.4, 0.5) is 8.78 Å². The smallest absolute Gasteiger partial charge is 0.159 e. The van der Waals surface area contributed by atoms with Crippen LogP contribution in [0.1, 0.15) is 18.4 Å². The van der Waals surface area contributed by atoms with Gasteiger partial charge >= 0.3 is 0 Å². The Morgan fingerprint density at radius 3 is 2.65 bits per heavy atom. The summed E-state index contributed by atoms with van der Waals surface area (Å²) in [5.41, 5.74) is 1.13. The lowest BCUT2D eigenvalue weighted by molar-refractivity contribution is 0.506. The molecule has 1 heterocycles. The first-order valence-corrected chi connectivity index (χ1v) is 7.33. The van der Waals surface area contributed by atoms with Gasteiger partial charge in [-0.2, -0.15) is 0 Å². The molecule has 1 aromatic heterocycles. The van der Waals surface area contributed by atoms with Crippen LogP contribution in [0.3, 0.4) is 0 Å². The standard InChI is InChI=1S/C15H14F2N2S/c16-13-5-4-12(7-14(13)17)20-15-6-1-10(9-19-15)8-18-11-2-3-11/h1,4-7,9,11,18H,2-3,8H2. The maximum atomic E-state index is 13.1. The number of benzene rings is 1. The fourth-order valence-electron chi connectivity index (χ4n) is 1.79. The summed E-state index contributed by atoms with van der Waals surface area (Å²) in [5.74, 6) is -1.66. The van der Waals surface area contributed by atoms with Crippen LogP contribution in [0.5, 0.6) is 0 Å². The Hall–Kier alpha value is -1.46. The summed E-state index contributed by atoms with van der Waals surface area (Å²) in [5, 5.41) is 4.19. The van der Waals surface area contributed by atoms with Crippen molar-refractivity contribution in [3.63, 3.8) is 0 Å². The lowest BCUT2D eigenvalue weighted by Gasteiger charge is -2.05. The number of nitrogens with zero attached hydrogens (tertiary/aromatic N) is 1. The van der Waals surface area contributed by atoms with Gasteiger partial charge in [-0.3, -0.25) is 0 Å². The number of aromatic nitrogens is 1. The fourth-order valence-corrected chi connectivity index (χ4v) is 2.57. The molecule has 1 saturated carbocycles. The molecular formula is C15H14F2N2S. The molecule has 0 radical (unpaired) electrons. The quantitative estimate of drug-likeness (QED) is 0.908. The molecule has 0 unspecified atom stereocenters. The average molecular weight is 292 g/mol. The zero-order valence-electron chi connectivity index (χ0n) is 10.8.